The van der Waals surface area contributed by atoms with Gasteiger partial charge in [-0.3, -0.25) is 9.69 Å². The second kappa shape index (κ2) is 11.9. The molecule has 8 nitrogen and oxygen atoms in total. The largest absolute Gasteiger partial charge is 0.493 e. The molecule has 0 spiro atoms. The number of amides is 1. The first-order valence-corrected chi connectivity index (χ1v) is 11.5. The van der Waals surface area contributed by atoms with Crippen molar-refractivity contribution in [2.24, 2.45) is 4.99 Å². The Morgan fingerprint density at radius 3 is 2.61 bits per heavy atom. The second-order valence-electron chi connectivity index (χ2n) is 6.69. The summed E-state index contributed by atoms with van der Waals surface area (Å²) < 4.78 is 21.3. The molecule has 0 aromatic heterocycles. The summed E-state index contributed by atoms with van der Waals surface area (Å²) in [6, 6.07) is 13.0. The first kappa shape index (κ1) is 24.8. The molecule has 0 bridgehead atoms. The number of ether oxygens (including phenoxy) is 4. The van der Waals surface area contributed by atoms with Crippen LogP contribution in [0.1, 0.15) is 5.56 Å². The molecule has 1 fully saturated rings. The smallest absolute Gasteiger partial charge is 0.343 e. The summed E-state index contributed by atoms with van der Waals surface area (Å²) >= 11 is 4.74. The average molecular weight is 535 g/mol. The lowest BCUT2D eigenvalue weighted by Gasteiger charge is -2.14. The molecule has 0 unspecified atom stereocenters. The molecule has 0 radical (unpaired) electrons. The molecule has 1 heterocycles. The molecule has 2 aromatic carbocycles. The molecule has 1 aliphatic heterocycles. The molecule has 174 valence electrons. The molecule has 3 rings (SSSR count). The first-order chi connectivity index (χ1) is 16.0. The van der Waals surface area contributed by atoms with Crippen molar-refractivity contribution in [2.75, 3.05) is 41.1 Å². The minimum atomic E-state index is -0.510. The van der Waals surface area contributed by atoms with Gasteiger partial charge in [0, 0.05) is 7.11 Å². The van der Waals surface area contributed by atoms with Gasteiger partial charge in [-0.25, -0.2) is 9.79 Å². The van der Waals surface area contributed by atoms with Gasteiger partial charge in [0.1, 0.15) is 0 Å². The number of methoxy groups -OCH3 is 3. The van der Waals surface area contributed by atoms with E-state index in [1.807, 2.05) is 30.3 Å². The fourth-order valence-electron chi connectivity index (χ4n) is 2.89. The van der Waals surface area contributed by atoms with E-state index in [-0.39, 0.29) is 12.5 Å². The summed E-state index contributed by atoms with van der Waals surface area (Å²) in [7, 11) is 4.37. The van der Waals surface area contributed by atoms with E-state index in [4.69, 9.17) is 14.2 Å². The number of amidine groups is 1. The monoisotopic (exact) mass is 534 g/mol. The summed E-state index contributed by atoms with van der Waals surface area (Å²) in [5.74, 6) is 0.103. The summed E-state index contributed by atoms with van der Waals surface area (Å²) in [5.41, 5.74) is 1.47. The van der Waals surface area contributed by atoms with Crippen LogP contribution in [0.15, 0.2) is 56.8 Å². The third kappa shape index (κ3) is 6.37. The Hall–Kier alpha value is -2.82. The maximum Gasteiger partial charge on any atom is 0.343 e. The molecule has 10 heteroatoms. The number of aliphatic imine (C=N–C) groups is 1. The van der Waals surface area contributed by atoms with Crippen LogP contribution in [0.2, 0.25) is 0 Å². The lowest BCUT2D eigenvalue weighted by Crippen LogP contribution is -2.32. The maximum absolute atomic E-state index is 13.1. The number of nitrogens with zero attached hydrogens (tertiary/aromatic N) is 2. The first-order valence-electron chi connectivity index (χ1n) is 9.88. The van der Waals surface area contributed by atoms with Crippen molar-refractivity contribution in [3.05, 3.63) is 57.4 Å². The van der Waals surface area contributed by atoms with Crippen LogP contribution in [-0.4, -0.2) is 63.0 Å². The van der Waals surface area contributed by atoms with E-state index in [0.717, 1.165) is 5.69 Å². The van der Waals surface area contributed by atoms with Crippen LogP contribution in [0.3, 0.4) is 0 Å². The highest BCUT2D eigenvalue weighted by molar-refractivity contribution is 9.10. The van der Waals surface area contributed by atoms with Gasteiger partial charge < -0.3 is 18.9 Å². The summed E-state index contributed by atoms with van der Waals surface area (Å²) in [6.45, 7) is 0.520. The predicted octanol–water partition coefficient (Wildman–Crippen LogP) is 4.26. The lowest BCUT2D eigenvalue weighted by molar-refractivity contribution is -0.143. The molecule has 33 heavy (non-hydrogen) atoms. The summed E-state index contributed by atoms with van der Waals surface area (Å²) in [5, 5.41) is 0.582. The van der Waals surface area contributed by atoms with Gasteiger partial charge >= 0.3 is 5.97 Å². The highest BCUT2D eigenvalue weighted by Gasteiger charge is 2.33. The summed E-state index contributed by atoms with van der Waals surface area (Å²) in [4.78, 5) is 31.3. The van der Waals surface area contributed by atoms with Crippen LogP contribution < -0.4 is 9.47 Å². The topological polar surface area (TPSA) is 86.7 Å². The number of carbonyl (C=O) groups is 2. The highest BCUT2D eigenvalue weighted by Crippen LogP contribution is 2.39. The molecule has 0 aliphatic carbocycles. The van der Waals surface area contributed by atoms with Gasteiger partial charge in [0.2, 0.25) is 0 Å². The normalized spacial score (nSPS) is 15.9. The van der Waals surface area contributed by atoms with Gasteiger partial charge in [-0.2, -0.15) is 0 Å². The van der Waals surface area contributed by atoms with Crippen molar-refractivity contribution < 1.29 is 28.5 Å². The minimum Gasteiger partial charge on any atom is -0.493 e. The molecule has 0 N–H and O–H groups in total. The fraction of sp³-hybridized carbons (Fsp3) is 0.261. The van der Waals surface area contributed by atoms with Gasteiger partial charge in [-0.15, -0.1) is 0 Å². The van der Waals surface area contributed by atoms with Crippen molar-refractivity contribution >= 4 is 56.5 Å². The van der Waals surface area contributed by atoms with Crippen LogP contribution in [0.25, 0.3) is 6.08 Å². The van der Waals surface area contributed by atoms with Crippen molar-refractivity contribution in [3.8, 4) is 11.5 Å². The van der Waals surface area contributed by atoms with Crippen molar-refractivity contribution in [2.45, 2.75) is 0 Å². The van der Waals surface area contributed by atoms with E-state index in [2.05, 4.69) is 25.7 Å². The SMILES string of the molecule is COCCN1C(=O)/C(=C\c2cc(Br)c(OCC(=O)OC)c(OC)c2)SC1=Nc1ccccc1. The van der Waals surface area contributed by atoms with E-state index in [0.29, 0.717) is 44.8 Å². The second-order valence-corrected chi connectivity index (χ2v) is 8.55. The zero-order valence-electron chi connectivity index (χ0n) is 18.4. The third-order valence-electron chi connectivity index (χ3n) is 4.50. The number of thioether (sulfide) groups is 1. The Morgan fingerprint density at radius 2 is 1.94 bits per heavy atom. The Morgan fingerprint density at radius 1 is 1.18 bits per heavy atom. The van der Waals surface area contributed by atoms with Gasteiger partial charge in [-0.1, -0.05) is 18.2 Å². The molecule has 1 saturated heterocycles. The van der Waals surface area contributed by atoms with E-state index >= 15 is 0 Å². The van der Waals surface area contributed by atoms with E-state index in [1.165, 1.54) is 26.0 Å². The van der Waals surface area contributed by atoms with Crippen LogP contribution in [-0.2, 0) is 19.1 Å². The number of hydrogen-bond acceptors (Lipinski definition) is 8. The Balaban J connectivity index is 1.91. The Bertz CT molecular complexity index is 1070. The number of halogens is 1. The van der Waals surface area contributed by atoms with Gasteiger partial charge in [-0.05, 0) is 63.6 Å². The molecule has 2 aromatic rings. The molecular weight excluding hydrogens is 512 g/mol. The zero-order chi connectivity index (χ0) is 23.8. The van der Waals surface area contributed by atoms with Gasteiger partial charge in [0.15, 0.2) is 23.3 Å². The number of benzene rings is 2. The van der Waals surface area contributed by atoms with Crippen LogP contribution in [0.4, 0.5) is 5.69 Å². The standard InChI is InChI=1S/C23H23BrN2O6S/c1-29-10-9-26-22(28)19(33-23(26)25-16-7-5-4-6-8-16)13-15-11-17(24)21(18(12-15)30-2)32-14-20(27)31-3/h4-8,11-13H,9-10,14H2,1-3H3/b19-13+,25-23?. The number of esters is 1. The molecular formula is C23H23BrN2O6S. The molecule has 0 atom stereocenters. The number of para-hydroxylation sites is 1. The fourth-order valence-corrected chi connectivity index (χ4v) is 4.49. The molecule has 1 aliphatic rings. The average Bonchev–Trinajstić information content (AvgIpc) is 3.10. The third-order valence-corrected chi connectivity index (χ3v) is 6.10. The van der Waals surface area contributed by atoms with E-state index < -0.39 is 5.97 Å². The van der Waals surface area contributed by atoms with Crippen molar-refractivity contribution in [1.82, 2.24) is 4.90 Å². The number of hydrogen-bond donors (Lipinski definition) is 0. The van der Waals surface area contributed by atoms with Crippen LogP contribution >= 0.6 is 27.7 Å². The Kier molecular flexibility index (Phi) is 8.93. The van der Waals surface area contributed by atoms with E-state index in [9.17, 15) is 9.59 Å². The molecule has 0 saturated carbocycles. The van der Waals surface area contributed by atoms with Crippen molar-refractivity contribution in [3.63, 3.8) is 0 Å². The van der Waals surface area contributed by atoms with Crippen LogP contribution in [0, 0.1) is 0 Å². The quantitative estimate of drug-likeness (QED) is 0.350. The lowest BCUT2D eigenvalue weighted by atomic mass is 10.2. The predicted molar refractivity (Wildman–Crippen MR) is 131 cm³/mol. The molecule has 1 amide bonds. The van der Waals surface area contributed by atoms with Crippen LogP contribution in [0.5, 0.6) is 11.5 Å². The van der Waals surface area contributed by atoms with Gasteiger partial charge in [0.25, 0.3) is 5.91 Å². The van der Waals surface area contributed by atoms with Crippen molar-refractivity contribution in [1.29, 1.82) is 0 Å². The number of carbonyl (C=O) groups excluding carboxylic acids is 2. The zero-order valence-corrected chi connectivity index (χ0v) is 20.8. The maximum atomic E-state index is 13.1. The highest BCUT2D eigenvalue weighted by atomic mass is 79.9. The Labute approximate surface area is 204 Å². The number of rotatable bonds is 9. The summed E-state index contributed by atoms with van der Waals surface area (Å²) in [6.07, 6.45) is 1.76. The van der Waals surface area contributed by atoms with E-state index in [1.54, 1.807) is 30.2 Å². The minimum absolute atomic E-state index is 0.159. The van der Waals surface area contributed by atoms with Gasteiger partial charge in [0.05, 0.1) is 42.4 Å².